The highest BCUT2D eigenvalue weighted by Crippen LogP contribution is 2.29. The van der Waals surface area contributed by atoms with Gasteiger partial charge in [-0.05, 0) is 34.5 Å². The maximum atomic E-state index is 6.03. The van der Waals surface area contributed by atoms with Crippen molar-refractivity contribution in [3.8, 4) is 17.0 Å². The standard InChI is InChI=1S/C19H16N2OS/c1-3-7-18(16(6-1)17-11-20-13-21-17)22-10-9-14-12-23-19-8-4-2-5-15(14)19/h1-8,11-13H,9-10H2,(H,20,21). The molecule has 4 rings (SSSR count). The van der Waals surface area contributed by atoms with Gasteiger partial charge in [-0.15, -0.1) is 11.3 Å². The van der Waals surface area contributed by atoms with Crippen LogP contribution >= 0.6 is 11.3 Å². The van der Waals surface area contributed by atoms with E-state index in [0.29, 0.717) is 6.61 Å². The minimum atomic E-state index is 0.655. The van der Waals surface area contributed by atoms with E-state index in [2.05, 4.69) is 39.6 Å². The highest BCUT2D eigenvalue weighted by Gasteiger charge is 2.08. The molecule has 0 aliphatic carbocycles. The van der Waals surface area contributed by atoms with Crippen LogP contribution in [0.3, 0.4) is 0 Å². The monoisotopic (exact) mass is 320 g/mol. The van der Waals surface area contributed by atoms with Gasteiger partial charge in [0.05, 0.1) is 18.6 Å². The van der Waals surface area contributed by atoms with Gasteiger partial charge in [-0.25, -0.2) is 4.98 Å². The molecule has 4 aromatic rings. The number of para-hydroxylation sites is 1. The van der Waals surface area contributed by atoms with Crippen LogP contribution in [0.25, 0.3) is 21.3 Å². The molecule has 0 saturated carbocycles. The van der Waals surface area contributed by atoms with Crippen molar-refractivity contribution in [3.63, 3.8) is 0 Å². The summed E-state index contributed by atoms with van der Waals surface area (Å²) < 4.78 is 7.37. The van der Waals surface area contributed by atoms with E-state index in [-0.39, 0.29) is 0 Å². The van der Waals surface area contributed by atoms with Crippen LogP contribution in [-0.2, 0) is 6.42 Å². The first kappa shape index (κ1) is 14.0. The number of aromatic amines is 1. The van der Waals surface area contributed by atoms with Crippen LogP contribution in [0.15, 0.2) is 66.4 Å². The van der Waals surface area contributed by atoms with Crippen LogP contribution < -0.4 is 4.74 Å². The number of hydrogen-bond donors (Lipinski definition) is 1. The Bertz CT molecular complexity index is 912. The number of fused-ring (bicyclic) bond motifs is 1. The fourth-order valence-electron chi connectivity index (χ4n) is 2.71. The predicted octanol–water partition coefficient (Wildman–Crippen LogP) is 4.91. The van der Waals surface area contributed by atoms with Crippen molar-refractivity contribution < 1.29 is 4.74 Å². The van der Waals surface area contributed by atoms with Crippen molar-refractivity contribution in [1.82, 2.24) is 9.97 Å². The van der Waals surface area contributed by atoms with E-state index in [0.717, 1.165) is 23.4 Å². The summed E-state index contributed by atoms with van der Waals surface area (Å²) in [6.07, 6.45) is 4.47. The van der Waals surface area contributed by atoms with Crippen molar-refractivity contribution >= 4 is 21.4 Å². The Labute approximate surface area is 138 Å². The van der Waals surface area contributed by atoms with Gasteiger partial charge < -0.3 is 9.72 Å². The number of H-pyrrole nitrogens is 1. The third-order valence-electron chi connectivity index (χ3n) is 3.85. The van der Waals surface area contributed by atoms with Crippen LogP contribution in [0.4, 0.5) is 0 Å². The molecule has 0 unspecified atom stereocenters. The number of benzene rings is 2. The molecule has 1 N–H and O–H groups in total. The van der Waals surface area contributed by atoms with E-state index in [4.69, 9.17) is 4.74 Å². The fraction of sp³-hybridized carbons (Fsp3) is 0.105. The Hall–Kier alpha value is -2.59. The van der Waals surface area contributed by atoms with Crippen LogP contribution in [0, 0.1) is 0 Å². The predicted molar refractivity (Wildman–Crippen MR) is 95.0 cm³/mol. The van der Waals surface area contributed by atoms with Gasteiger partial charge >= 0.3 is 0 Å². The largest absolute Gasteiger partial charge is 0.493 e. The second kappa shape index (κ2) is 6.26. The minimum absolute atomic E-state index is 0.655. The van der Waals surface area contributed by atoms with E-state index in [1.807, 2.05) is 30.5 Å². The SMILES string of the molecule is c1ccc(-c2c[nH]cn2)c(OCCc2csc3ccccc23)c1. The Morgan fingerprint density at radius 2 is 1.91 bits per heavy atom. The third-order valence-corrected chi connectivity index (χ3v) is 4.86. The Balaban J connectivity index is 1.50. The normalized spacial score (nSPS) is 11.0. The molecule has 2 heterocycles. The van der Waals surface area contributed by atoms with Gasteiger partial charge in [0, 0.05) is 22.9 Å². The quantitative estimate of drug-likeness (QED) is 0.567. The Kier molecular flexibility index (Phi) is 3.82. The molecule has 0 fully saturated rings. The van der Waals surface area contributed by atoms with E-state index in [1.54, 1.807) is 17.7 Å². The summed E-state index contributed by atoms with van der Waals surface area (Å²) in [6.45, 7) is 0.655. The number of nitrogens with zero attached hydrogens (tertiary/aromatic N) is 1. The summed E-state index contributed by atoms with van der Waals surface area (Å²) in [5.74, 6) is 0.874. The Morgan fingerprint density at radius 1 is 1.04 bits per heavy atom. The molecule has 0 spiro atoms. The average molecular weight is 320 g/mol. The fourth-order valence-corrected chi connectivity index (χ4v) is 3.71. The second-order valence-corrected chi connectivity index (χ2v) is 6.22. The van der Waals surface area contributed by atoms with Gasteiger partial charge in [0.2, 0.25) is 0 Å². The van der Waals surface area contributed by atoms with E-state index in [9.17, 15) is 0 Å². The number of nitrogens with one attached hydrogen (secondary N) is 1. The molecule has 0 bridgehead atoms. The first-order valence-electron chi connectivity index (χ1n) is 7.58. The first-order chi connectivity index (χ1) is 11.4. The topological polar surface area (TPSA) is 37.9 Å². The zero-order valence-electron chi connectivity index (χ0n) is 12.5. The number of ether oxygens (including phenoxy) is 1. The van der Waals surface area contributed by atoms with Gasteiger partial charge in [-0.1, -0.05) is 30.3 Å². The van der Waals surface area contributed by atoms with Gasteiger partial charge in [0.15, 0.2) is 0 Å². The van der Waals surface area contributed by atoms with E-state index in [1.165, 1.54) is 15.6 Å². The summed E-state index contributed by atoms with van der Waals surface area (Å²) in [6, 6.07) is 16.5. The number of imidazole rings is 1. The van der Waals surface area contributed by atoms with E-state index >= 15 is 0 Å². The van der Waals surface area contributed by atoms with Crippen LogP contribution in [0.1, 0.15) is 5.56 Å². The molecule has 0 saturated heterocycles. The summed E-state index contributed by atoms with van der Waals surface area (Å²) in [5, 5.41) is 3.56. The minimum Gasteiger partial charge on any atom is -0.493 e. The Morgan fingerprint density at radius 3 is 2.83 bits per heavy atom. The summed E-state index contributed by atoms with van der Waals surface area (Å²) in [4.78, 5) is 7.30. The maximum absolute atomic E-state index is 6.03. The van der Waals surface area contributed by atoms with Crippen LogP contribution in [0.2, 0.25) is 0 Å². The molecular weight excluding hydrogens is 304 g/mol. The molecule has 114 valence electrons. The summed E-state index contributed by atoms with van der Waals surface area (Å²) in [7, 11) is 0. The lowest BCUT2D eigenvalue weighted by Gasteiger charge is -2.09. The second-order valence-electron chi connectivity index (χ2n) is 5.31. The third kappa shape index (κ3) is 2.85. The van der Waals surface area contributed by atoms with Gasteiger partial charge in [0.25, 0.3) is 0 Å². The van der Waals surface area contributed by atoms with Crippen molar-refractivity contribution in [2.45, 2.75) is 6.42 Å². The van der Waals surface area contributed by atoms with Crippen LogP contribution in [-0.4, -0.2) is 16.6 Å². The van der Waals surface area contributed by atoms with Crippen molar-refractivity contribution in [2.24, 2.45) is 0 Å². The lowest BCUT2D eigenvalue weighted by atomic mass is 10.1. The van der Waals surface area contributed by atoms with Gasteiger partial charge in [-0.2, -0.15) is 0 Å². The molecule has 0 radical (unpaired) electrons. The van der Waals surface area contributed by atoms with Crippen molar-refractivity contribution in [2.75, 3.05) is 6.61 Å². The van der Waals surface area contributed by atoms with Gasteiger partial charge in [-0.3, -0.25) is 0 Å². The summed E-state index contributed by atoms with van der Waals surface area (Å²) in [5.41, 5.74) is 3.27. The van der Waals surface area contributed by atoms with Crippen molar-refractivity contribution in [3.05, 3.63) is 72.0 Å². The molecule has 3 nitrogen and oxygen atoms in total. The highest BCUT2D eigenvalue weighted by molar-refractivity contribution is 7.17. The summed E-state index contributed by atoms with van der Waals surface area (Å²) >= 11 is 1.79. The lowest BCUT2D eigenvalue weighted by Crippen LogP contribution is -2.02. The number of rotatable bonds is 5. The van der Waals surface area contributed by atoms with Crippen LogP contribution in [0.5, 0.6) is 5.75 Å². The maximum Gasteiger partial charge on any atom is 0.128 e. The molecule has 0 atom stereocenters. The lowest BCUT2D eigenvalue weighted by molar-refractivity contribution is 0.323. The first-order valence-corrected chi connectivity index (χ1v) is 8.46. The molecule has 0 aliphatic heterocycles. The molecule has 0 amide bonds. The highest BCUT2D eigenvalue weighted by atomic mass is 32.1. The van der Waals surface area contributed by atoms with E-state index < -0.39 is 0 Å². The van der Waals surface area contributed by atoms with Gasteiger partial charge in [0.1, 0.15) is 5.75 Å². The molecule has 4 heteroatoms. The number of aromatic nitrogens is 2. The number of hydrogen-bond acceptors (Lipinski definition) is 3. The molecule has 0 aliphatic rings. The average Bonchev–Trinajstić information content (AvgIpc) is 3.26. The zero-order valence-corrected chi connectivity index (χ0v) is 13.3. The zero-order chi connectivity index (χ0) is 15.5. The molecule has 2 aromatic carbocycles. The number of thiophene rings is 1. The molecule has 2 aromatic heterocycles. The molecule has 23 heavy (non-hydrogen) atoms. The van der Waals surface area contributed by atoms with Crippen molar-refractivity contribution in [1.29, 1.82) is 0 Å². The molecular formula is C19H16N2OS. The smallest absolute Gasteiger partial charge is 0.128 e.